The smallest absolute Gasteiger partial charge is 0.227 e. The molecule has 2 amide bonds. The molecule has 2 aromatic carbocycles. The van der Waals surface area contributed by atoms with Crippen LogP contribution in [-0.4, -0.2) is 25.5 Å². The molecule has 5 nitrogen and oxygen atoms in total. The summed E-state index contributed by atoms with van der Waals surface area (Å²) in [5, 5.41) is 2.94. The SMILES string of the molecule is COc1cc(CC(=O)NCc2ccc(N3CCCC3=O)cc2)ccc1C. The molecule has 5 heteroatoms. The Labute approximate surface area is 154 Å². The van der Waals surface area contributed by atoms with Crippen LogP contribution >= 0.6 is 0 Å². The molecule has 1 aliphatic rings. The normalized spacial score (nSPS) is 13.8. The molecule has 0 atom stereocenters. The number of carbonyl (C=O) groups is 2. The van der Waals surface area contributed by atoms with Crippen molar-refractivity contribution in [1.82, 2.24) is 5.32 Å². The van der Waals surface area contributed by atoms with Crippen LogP contribution in [-0.2, 0) is 22.6 Å². The predicted molar refractivity (Wildman–Crippen MR) is 101 cm³/mol. The van der Waals surface area contributed by atoms with Crippen molar-refractivity contribution in [3.63, 3.8) is 0 Å². The Morgan fingerprint density at radius 1 is 1.15 bits per heavy atom. The summed E-state index contributed by atoms with van der Waals surface area (Å²) >= 11 is 0. The average molecular weight is 352 g/mol. The molecule has 1 fully saturated rings. The third-order valence-electron chi connectivity index (χ3n) is 4.65. The van der Waals surface area contributed by atoms with Crippen molar-refractivity contribution in [2.75, 3.05) is 18.6 Å². The topological polar surface area (TPSA) is 58.6 Å². The summed E-state index contributed by atoms with van der Waals surface area (Å²) in [7, 11) is 1.63. The molecule has 1 N–H and O–H groups in total. The van der Waals surface area contributed by atoms with Crippen LogP contribution in [0.3, 0.4) is 0 Å². The standard InChI is InChI=1S/C21H24N2O3/c1-15-5-6-17(12-19(15)26-2)13-20(24)22-14-16-7-9-18(10-8-16)23-11-3-4-21(23)25/h5-10,12H,3-4,11,13-14H2,1-2H3,(H,22,24). The van der Waals surface area contributed by atoms with Crippen molar-refractivity contribution < 1.29 is 14.3 Å². The van der Waals surface area contributed by atoms with Crippen molar-refractivity contribution in [3.05, 3.63) is 59.2 Å². The van der Waals surface area contributed by atoms with Crippen LogP contribution in [0, 0.1) is 6.92 Å². The first-order valence-corrected chi connectivity index (χ1v) is 8.86. The highest BCUT2D eigenvalue weighted by Gasteiger charge is 2.21. The molecule has 26 heavy (non-hydrogen) atoms. The van der Waals surface area contributed by atoms with Gasteiger partial charge in [0, 0.05) is 25.2 Å². The van der Waals surface area contributed by atoms with Gasteiger partial charge >= 0.3 is 0 Å². The van der Waals surface area contributed by atoms with E-state index in [1.54, 1.807) is 7.11 Å². The summed E-state index contributed by atoms with van der Waals surface area (Å²) in [6, 6.07) is 13.6. The van der Waals surface area contributed by atoms with Gasteiger partial charge in [-0.1, -0.05) is 24.3 Å². The minimum atomic E-state index is -0.0327. The number of anilines is 1. The molecule has 1 saturated heterocycles. The molecule has 136 valence electrons. The molecule has 3 rings (SSSR count). The Bertz CT molecular complexity index is 799. The van der Waals surface area contributed by atoms with Gasteiger partial charge in [-0.25, -0.2) is 0 Å². The van der Waals surface area contributed by atoms with Gasteiger partial charge in [0.1, 0.15) is 5.75 Å². The maximum absolute atomic E-state index is 12.2. The molecule has 1 aliphatic heterocycles. The van der Waals surface area contributed by atoms with Gasteiger partial charge in [-0.05, 0) is 48.2 Å². The van der Waals surface area contributed by atoms with Crippen LogP contribution < -0.4 is 15.0 Å². The molecule has 0 radical (unpaired) electrons. The highest BCUT2D eigenvalue weighted by molar-refractivity contribution is 5.95. The van der Waals surface area contributed by atoms with E-state index < -0.39 is 0 Å². The van der Waals surface area contributed by atoms with E-state index in [-0.39, 0.29) is 11.8 Å². The summed E-state index contributed by atoms with van der Waals surface area (Å²) in [5.41, 5.74) is 3.91. The van der Waals surface area contributed by atoms with E-state index in [0.29, 0.717) is 19.4 Å². The molecular weight excluding hydrogens is 328 g/mol. The van der Waals surface area contributed by atoms with Crippen LogP contribution in [0.2, 0.25) is 0 Å². The van der Waals surface area contributed by atoms with Crippen molar-refractivity contribution in [1.29, 1.82) is 0 Å². The van der Waals surface area contributed by atoms with Crippen LogP contribution in [0.15, 0.2) is 42.5 Å². The molecule has 0 aliphatic carbocycles. The number of hydrogen-bond acceptors (Lipinski definition) is 3. The van der Waals surface area contributed by atoms with Gasteiger partial charge in [0.2, 0.25) is 11.8 Å². The van der Waals surface area contributed by atoms with Gasteiger partial charge in [-0.15, -0.1) is 0 Å². The van der Waals surface area contributed by atoms with Gasteiger partial charge in [0.25, 0.3) is 0 Å². The van der Waals surface area contributed by atoms with Gasteiger partial charge in [0.05, 0.1) is 13.5 Å². The van der Waals surface area contributed by atoms with E-state index >= 15 is 0 Å². The van der Waals surface area contributed by atoms with Crippen molar-refractivity contribution in [2.24, 2.45) is 0 Å². The Balaban J connectivity index is 1.53. The van der Waals surface area contributed by atoms with Crippen LogP contribution in [0.25, 0.3) is 0 Å². The number of aryl methyl sites for hydroxylation is 1. The zero-order valence-corrected chi connectivity index (χ0v) is 15.2. The fourth-order valence-corrected chi connectivity index (χ4v) is 3.14. The number of amides is 2. The fourth-order valence-electron chi connectivity index (χ4n) is 3.14. The summed E-state index contributed by atoms with van der Waals surface area (Å²) in [6.45, 7) is 3.23. The molecule has 0 unspecified atom stereocenters. The summed E-state index contributed by atoms with van der Waals surface area (Å²) in [5.74, 6) is 0.941. The number of carbonyl (C=O) groups excluding carboxylic acids is 2. The predicted octanol–water partition coefficient (Wildman–Crippen LogP) is 2.99. The highest BCUT2D eigenvalue weighted by atomic mass is 16.5. The number of nitrogens with one attached hydrogen (secondary N) is 1. The van der Waals surface area contributed by atoms with Gasteiger partial charge in [-0.2, -0.15) is 0 Å². The second-order valence-corrected chi connectivity index (χ2v) is 6.57. The monoisotopic (exact) mass is 352 g/mol. The van der Waals surface area contributed by atoms with Gasteiger partial charge < -0.3 is 15.0 Å². The summed E-state index contributed by atoms with van der Waals surface area (Å²) in [6.07, 6.45) is 1.86. The van der Waals surface area contributed by atoms with E-state index in [1.807, 2.05) is 54.3 Å². The average Bonchev–Trinajstić information content (AvgIpc) is 3.08. The maximum atomic E-state index is 12.2. The largest absolute Gasteiger partial charge is 0.496 e. The lowest BCUT2D eigenvalue weighted by Gasteiger charge is -2.16. The third kappa shape index (κ3) is 4.23. The number of benzene rings is 2. The lowest BCUT2D eigenvalue weighted by Crippen LogP contribution is -2.25. The molecule has 0 aromatic heterocycles. The Morgan fingerprint density at radius 2 is 1.88 bits per heavy atom. The molecule has 1 heterocycles. The van der Waals surface area contributed by atoms with Crippen LogP contribution in [0.1, 0.15) is 29.5 Å². The quantitative estimate of drug-likeness (QED) is 0.869. The first-order valence-electron chi connectivity index (χ1n) is 8.86. The van der Waals surface area contributed by atoms with E-state index in [9.17, 15) is 9.59 Å². The molecule has 0 saturated carbocycles. The molecule has 0 spiro atoms. The number of hydrogen-bond donors (Lipinski definition) is 1. The van der Waals surface area contributed by atoms with E-state index in [1.165, 1.54) is 0 Å². The minimum Gasteiger partial charge on any atom is -0.496 e. The van der Waals surface area contributed by atoms with Crippen molar-refractivity contribution in [2.45, 2.75) is 32.7 Å². The zero-order valence-electron chi connectivity index (χ0n) is 15.2. The number of ether oxygens (including phenoxy) is 1. The summed E-state index contributed by atoms with van der Waals surface area (Å²) < 4.78 is 5.30. The van der Waals surface area contributed by atoms with Crippen molar-refractivity contribution in [3.8, 4) is 5.75 Å². The Morgan fingerprint density at radius 3 is 2.54 bits per heavy atom. The zero-order chi connectivity index (χ0) is 18.5. The summed E-state index contributed by atoms with van der Waals surface area (Å²) in [4.78, 5) is 25.8. The van der Waals surface area contributed by atoms with Crippen LogP contribution in [0.4, 0.5) is 5.69 Å². The minimum absolute atomic E-state index is 0.0327. The fraction of sp³-hybridized carbons (Fsp3) is 0.333. The highest BCUT2D eigenvalue weighted by Crippen LogP contribution is 2.22. The van der Waals surface area contributed by atoms with Crippen LogP contribution in [0.5, 0.6) is 5.75 Å². The lowest BCUT2D eigenvalue weighted by atomic mass is 10.1. The molecule has 2 aromatic rings. The van der Waals surface area contributed by atoms with E-state index in [4.69, 9.17) is 4.74 Å². The molecule has 0 bridgehead atoms. The van der Waals surface area contributed by atoms with Crippen molar-refractivity contribution >= 4 is 17.5 Å². The third-order valence-corrected chi connectivity index (χ3v) is 4.65. The van der Waals surface area contributed by atoms with E-state index in [2.05, 4.69) is 5.32 Å². The van der Waals surface area contributed by atoms with Gasteiger partial charge in [-0.3, -0.25) is 9.59 Å². The second kappa shape index (κ2) is 8.04. The Kier molecular flexibility index (Phi) is 5.56. The van der Waals surface area contributed by atoms with Gasteiger partial charge in [0.15, 0.2) is 0 Å². The Hall–Kier alpha value is -2.82. The first-order chi connectivity index (χ1) is 12.6. The number of rotatable bonds is 6. The second-order valence-electron chi connectivity index (χ2n) is 6.57. The molecular formula is C21H24N2O3. The first kappa shape index (κ1) is 18.0. The number of nitrogens with zero attached hydrogens (tertiary/aromatic N) is 1. The maximum Gasteiger partial charge on any atom is 0.227 e. The number of methoxy groups -OCH3 is 1. The lowest BCUT2D eigenvalue weighted by molar-refractivity contribution is -0.120. The van der Waals surface area contributed by atoms with E-state index in [0.717, 1.165) is 41.1 Å².